The summed E-state index contributed by atoms with van der Waals surface area (Å²) in [6.45, 7) is 4.04. The Morgan fingerprint density at radius 1 is 1.41 bits per heavy atom. The zero-order valence-corrected chi connectivity index (χ0v) is 11.7. The van der Waals surface area contributed by atoms with Crippen LogP contribution in [0, 0.1) is 6.92 Å². The van der Waals surface area contributed by atoms with Gasteiger partial charge in [-0.15, -0.1) is 0 Å². The normalized spacial score (nSPS) is 19.4. The van der Waals surface area contributed by atoms with Crippen LogP contribution in [-0.2, 0) is 0 Å². The molecule has 1 aromatic carbocycles. The van der Waals surface area contributed by atoms with Gasteiger partial charge in [0.1, 0.15) is 0 Å². The molecule has 4 heteroatoms. The first-order valence-corrected chi connectivity index (χ1v) is 6.74. The van der Waals surface area contributed by atoms with Crippen LogP contribution in [0.25, 0.3) is 0 Å². The van der Waals surface area contributed by atoms with E-state index in [1.165, 1.54) is 11.3 Å². The van der Waals surface area contributed by atoms with E-state index in [2.05, 4.69) is 46.0 Å². The highest BCUT2D eigenvalue weighted by molar-refractivity contribution is 9.10. The SMILES string of the molecule is Cc1cc(Br)ccc1N1CCC(N)(CO)CC1. The van der Waals surface area contributed by atoms with Crippen LogP contribution in [0.5, 0.6) is 0 Å². The van der Waals surface area contributed by atoms with Crippen molar-refractivity contribution in [1.29, 1.82) is 0 Å². The first kappa shape index (κ1) is 12.9. The third kappa shape index (κ3) is 2.81. The number of piperidine rings is 1. The molecule has 0 radical (unpaired) electrons. The fourth-order valence-corrected chi connectivity index (χ4v) is 2.80. The Morgan fingerprint density at radius 3 is 2.59 bits per heavy atom. The van der Waals surface area contributed by atoms with E-state index in [9.17, 15) is 5.11 Å². The fraction of sp³-hybridized carbons (Fsp3) is 0.538. The molecule has 0 amide bonds. The molecule has 0 unspecified atom stereocenters. The van der Waals surface area contributed by atoms with Gasteiger partial charge in [0, 0.05) is 28.8 Å². The second-order valence-corrected chi connectivity index (χ2v) is 5.85. The quantitative estimate of drug-likeness (QED) is 0.878. The molecule has 1 aliphatic heterocycles. The Hall–Kier alpha value is -0.580. The summed E-state index contributed by atoms with van der Waals surface area (Å²) in [5, 5.41) is 9.25. The van der Waals surface area contributed by atoms with Gasteiger partial charge < -0.3 is 15.7 Å². The van der Waals surface area contributed by atoms with Gasteiger partial charge in [0.25, 0.3) is 0 Å². The molecule has 1 heterocycles. The molecule has 1 fully saturated rings. The fourth-order valence-electron chi connectivity index (χ4n) is 2.32. The molecular weight excluding hydrogens is 280 g/mol. The van der Waals surface area contributed by atoms with Crippen LogP contribution < -0.4 is 10.6 Å². The molecule has 0 aliphatic carbocycles. The molecule has 1 aromatic rings. The van der Waals surface area contributed by atoms with Crippen LogP contribution in [0.15, 0.2) is 22.7 Å². The van der Waals surface area contributed by atoms with Gasteiger partial charge in [-0.25, -0.2) is 0 Å². The van der Waals surface area contributed by atoms with E-state index in [4.69, 9.17) is 5.73 Å². The van der Waals surface area contributed by atoms with E-state index in [0.717, 1.165) is 30.4 Å². The Morgan fingerprint density at radius 2 is 2.06 bits per heavy atom. The van der Waals surface area contributed by atoms with Gasteiger partial charge in [-0.05, 0) is 43.5 Å². The monoisotopic (exact) mass is 298 g/mol. The van der Waals surface area contributed by atoms with E-state index in [1.54, 1.807) is 0 Å². The molecule has 3 nitrogen and oxygen atoms in total. The largest absolute Gasteiger partial charge is 0.394 e. The molecule has 0 saturated carbocycles. The molecule has 0 bridgehead atoms. The first-order valence-electron chi connectivity index (χ1n) is 5.95. The van der Waals surface area contributed by atoms with E-state index >= 15 is 0 Å². The van der Waals surface area contributed by atoms with Crippen molar-refractivity contribution in [2.24, 2.45) is 5.73 Å². The zero-order chi connectivity index (χ0) is 12.5. The molecule has 1 aliphatic rings. The third-order valence-corrected chi connectivity index (χ3v) is 4.07. The molecule has 3 N–H and O–H groups in total. The summed E-state index contributed by atoms with van der Waals surface area (Å²) in [5.74, 6) is 0. The highest BCUT2D eigenvalue weighted by Gasteiger charge is 2.30. The maximum absolute atomic E-state index is 9.25. The lowest BCUT2D eigenvalue weighted by Crippen LogP contribution is -2.53. The molecule has 1 saturated heterocycles. The van der Waals surface area contributed by atoms with Crippen molar-refractivity contribution in [2.75, 3.05) is 24.6 Å². The minimum Gasteiger partial charge on any atom is -0.394 e. The van der Waals surface area contributed by atoms with Crippen LogP contribution in [0.4, 0.5) is 5.69 Å². The number of halogens is 1. The number of hydrogen-bond donors (Lipinski definition) is 2. The van der Waals surface area contributed by atoms with E-state index < -0.39 is 0 Å². The summed E-state index contributed by atoms with van der Waals surface area (Å²) in [6, 6.07) is 6.34. The maximum Gasteiger partial charge on any atom is 0.0612 e. The summed E-state index contributed by atoms with van der Waals surface area (Å²) in [4.78, 5) is 2.35. The Bertz CT molecular complexity index is 400. The average Bonchev–Trinajstić information content (AvgIpc) is 2.31. The number of rotatable bonds is 2. The average molecular weight is 299 g/mol. The highest BCUT2D eigenvalue weighted by atomic mass is 79.9. The van der Waals surface area contributed by atoms with Gasteiger partial charge in [0.05, 0.1) is 6.61 Å². The van der Waals surface area contributed by atoms with Crippen molar-refractivity contribution in [2.45, 2.75) is 25.3 Å². The molecule has 94 valence electrons. The summed E-state index contributed by atoms with van der Waals surface area (Å²) >= 11 is 3.48. The van der Waals surface area contributed by atoms with E-state index in [1.807, 2.05) is 0 Å². The maximum atomic E-state index is 9.25. The van der Waals surface area contributed by atoms with Gasteiger partial charge in [-0.3, -0.25) is 0 Å². The van der Waals surface area contributed by atoms with Crippen molar-refractivity contribution in [3.05, 3.63) is 28.2 Å². The standard InChI is InChI=1S/C13H19BrN2O/c1-10-8-11(14)2-3-12(10)16-6-4-13(15,9-17)5-7-16/h2-3,8,17H,4-7,9,15H2,1H3. The lowest BCUT2D eigenvalue weighted by atomic mass is 9.89. The number of anilines is 1. The molecule has 0 aromatic heterocycles. The Labute approximate surface area is 111 Å². The Kier molecular flexibility index (Phi) is 3.76. The minimum atomic E-state index is -0.375. The second kappa shape index (κ2) is 4.96. The van der Waals surface area contributed by atoms with Gasteiger partial charge in [-0.1, -0.05) is 15.9 Å². The topological polar surface area (TPSA) is 49.5 Å². The molecule has 0 spiro atoms. The molecule has 2 rings (SSSR count). The smallest absolute Gasteiger partial charge is 0.0612 e. The van der Waals surface area contributed by atoms with Crippen molar-refractivity contribution in [3.8, 4) is 0 Å². The van der Waals surface area contributed by atoms with Crippen LogP contribution in [0.3, 0.4) is 0 Å². The summed E-state index contributed by atoms with van der Waals surface area (Å²) in [6.07, 6.45) is 1.69. The van der Waals surface area contributed by atoms with Crippen molar-refractivity contribution in [1.82, 2.24) is 0 Å². The number of hydrogen-bond acceptors (Lipinski definition) is 3. The second-order valence-electron chi connectivity index (χ2n) is 4.94. The zero-order valence-electron chi connectivity index (χ0n) is 10.1. The molecular formula is C13H19BrN2O. The van der Waals surface area contributed by atoms with Crippen LogP contribution in [0.1, 0.15) is 18.4 Å². The minimum absolute atomic E-state index is 0.0835. The van der Waals surface area contributed by atoms with Gasteiger partial charge in [0.2, 0.25) is 0 Å². The van der Waals surface area contributed by atoms with Crippen LogP contribution in [0.2, 0.25) is 0 Å². The predicted octanol–water partition coefficient (Wildman–Crippen LogP) is 2.05. The Balaban J connectivity index is 2.10. The lowest BCUT2D eigenvalue weighted by molar-refractivity contribution is 0.170. The molecule has 0 atom stereocenters. The van der Waals surface area contributed by atoms with E-state index in [0.29, 0.717) is 0 Å². The van der Waals surface area contributed by atoms with E-state index in [-0.39, 0.29) is 12.1 Å². The summed E-state index contributed by atoms with van der Waals surface area (Å²) in [7, 11) is 0. The summed E-state index contributed by atoms with van der Waals surface area (Å²) in [5.41, 5.74) is 8.24. The van der Waals surface area contributed by atoms with Crippen molar-refractivity contribution < 1.29 is 5.11 Å². The van der Waals surface area contributed by atoms with Crippen molar-refractivity contribution in [3.63, 3.8) is 0 Å². The predicted molar refractivity (Wildman–Crippen MR) is 74.3 cm³/mol. The van der Waals surface area contributed by atoms with Gasteiger partial charge in [-0.2, -0.15) is 0 Å². The van der Waals surface area contributed by atoms with Gasteiger partial charge in [0.15, 0.2) is 0 Å². The number of aliphatic hydroxyl groups is 1. The lowest BCUT2D eigenvalue weighted by Gasteiger charge is -2.39. The first-order chi connectivity index (χ1) is 8.04. The highest BCUT2D eigenvalue weighted by Crippen LogP contribution is 2.28. The van der Waals surface area contributed by atoms with Crippen molar-refractivity contribution >= 4 is 21.6 Å². The summed E-state index contributed by atoms with van der Waals surface area (Å²) < 4.78 is 1.11. The number of aryl methyl sites for hydroxylation is 1. The number of aliphatic hydroxyl groups excluding tert-OH is 1. The number of benzene rings is 1. The van der Waals surface area contributed by atoms with Gasteiger partial charge >= 0.3 is 0 Å². The van der Waals surface area contributed by atoms with Crippen LogP contribution in [-0.4, -0.2) is 30.3 Å². The molecule has 17 heavy (non-hydrogen) atoms. The number of nitrogens with two attached hydrogens (primary N) is 1. The van der Waals surface area contributed by atoms with Crippen LogP contribution >= 0.6 is 15.9 Å². The number of nitrogens with zero attached hydrogens (tertiary/aromatic N) is 1. The third-order valence-electron chi connectivity index (χ3n) is 3.57.